The lowest BCUT2D eigenvalue weighted by atomic mass is 9.92. The lowest BCUT2D eigenvalue weighted by Gasteiger charge is -2.29. The summed E-state index contributed by atoms with van der Waals surface area (Å²) in [7, 11) is 3.98. The Morgan fingerprint density at radius 1 is 1.08 bits per heavy atom. The molecule has 2 aromatic rings. The smallest absolute Gasteiger partial charge is 0.251 e. The lowest BCUT2D eigenvalue weighted by Crippen LogP contribution is -2.39. The number of benzene rings is 1. The normalized spacial score (nSPS) is 19.7. The number of carbonyl (C=O) groups is 1. The molecule has 1 aromatic carbocycles. The van der Waals surface area contributed by atoms with Crippen molar-refractivity contribution in [3.8, 4) is 5.88 Å². The van der Waals surface area contributed by atoms with Crippen molar-refractivity contribution in [3.63, 3.8) is 0 Å². The van der Waals surface area contributed by atoms with E-state index in [0.29, 0.717) is 11.4 Å². The van der Waals surface area contributed by atoms with E-state index in [0.717, 1.165) is 36.9 Å². The molecule has 0 unspecified atom stereocenters. The summed E-state index contributed by atoms with van der Waals surface area (Å²) >= 11 is 0. The summed E-state index contributed by atoms with van der Waals surface area (Å²) in [5.74, 6) is 0.684. The zero-order valence-electron chi connectivity index (χ0n) is 15.7. The molecule has 0 spiro atoms. The summed E-state index contributed by atoms with van der Waals surface area (Å²) in [6.45, 7) is 2.01. The topological polar surface area (TPSA) is 54.5 Å². The van der Waals surface area contributed by atoms with E-state index in [4.69, 9.17) is 4.74 Å². The number of pyridine rings is 1. The fraction of sp³-hybridized carbons (Fsp3) is 0.429. The van der Waals surface area contributed by atoms with Crippen molar-refractivity contribution in [1.29, 1.82) is 0 Å². The van der Waals surface area contributed by atoms with Crippen molar-refractivity contribution in [3.05, 3.63) is 53.7 Å². The zero-order chi connectivity index (χ0) is 18.5. The van der Waals surface area contributed by atoms with Crippen LogP contribution in [0.15, 0.2) is 42.6 Å². The molecule has 1 aromatic heterocycles. The Labute approximate surface area is 155 Å². The first kappa shape index (κ1) is 18.2. The third-order valence-corrected chi connectivity index (χ3v) is 4.83. The quantitative estimate of drug-likeness (QED) is 0.893. The van der Waals surface area contributed by atoms with Gasteiger partial charge in [-0.25, -0.2) is 4.98 Å². The third kappa shape index (κ3) is 4.75. The van der Waals surface area contributed by atoms with E-state index < -0.39 is 0 Å². The highest BCUT2D eigenvalue weighted by Crippen LogP contribution is 2.23. The highest BCUT2D eigenvalue weighted by Gasteiger charge is 2.24. The molecular formula is C21H27N3O2. The number of hydrogen-bond donors (Lipinski definition) is 1. The molecule has 1 amide bonds. The number of hydrogen-bond acceptors (Lipinski definition) is 4. The monoisotopic (exact) mass is 353 g/mol. The van der Waals surface area contributed by atoms with Crippen LogP contribution >= 0.6 is 0 Å². The van der Waals surface area contributed by atoms with Gasteiger partial charge in [-0.15, -0.1) is 0 Å². The molecule has 3 rings (SSSR count). The van der Waals surface area contributed by atoms with Gasteiger partial charge in [0.2, 0.25) is 5.88 Å². The molecule has 1 heterocycles. The molecule has 0 bridgehead atoms. The number of amides is 1. The van der Waals surface area contributed by atoms with Crippen molar-refractivity contribution in [2.75, 3.05) is 19.0 Å². The molecular weight excluding hydrogens is 326 g/mol. The predicted molar refractivity (Wildman–Crippen MR) is 104 cm³/mol. The lowest BCUT2D eigenvalue weighted by molar-refractivity contribution is 0.0890. The van der Waals surface area contributed by atoms with Gasteiger partial charge < -0.3 is 15.0 Å². The van der Waals surface area contributed by atoms with E-state index in [1.165, 1.54) is 0 Å². The van der Waals surface area contributed by atoms with Crippen LogP contribution in [0.4, 0.5) is 5.69 Å². The predicted octanol–water partition coefficient (Wildman–Crippen LogP) is 3.58. The maximum absolute atomic E-state index is 12.4. The Morgan fingerprint density at radius 3 is 2.35 bits per heavy atom. The van der Waals surface area contributed by atoms with Gasteiger partial charge >= 0.3 is 0 Å². The summed E-state index contributed by atoms with van der Waals surface area (Å²) in [4.78, 5) is 18.8. The first-order valence-corrected chi connectivity index (χ1v) is 9.19. The number of anilines is 1. The van der Waals surface area contributed by atoms with E-state index >= 15 is 0 Å². The second-order valence-corrected chi connectivity index (χ2v) is 7.18. The Kier molecular flexibility index (Phi) is 5.76. The molecule has 1 aliphatic rings. The molecule has 1 N–H and O–H groups in total. The SMILES string of the molecule is Cc1ccc(OC2CCC(NC(=O)c3ccc(N(C)C)cc3)CC2)nc1. The number of aromatic nitrogens is 1. The van der Waals surface area contributed by atoms with Gasteiger partial charge in [-0.05, 0) is 62.4 Å². The number of nitrogens with zero attached hydrogens (tertiary/aromatic N) is 2. The minimum absolute atomic E-state index is 0.000115. The first-order valence-electron chi connectivity index (χ1n) is 9.19. The molecule has 5 heteroatoms. The molecule has 0 aliphatic heterocycles. The van der Waals surface area contributed by atoms with Crippen LogP contribution in [-0.2, 0) is 0 Å². The van der Waals surface area contributed by atoms with Crippen LogP contribution in [-0.4, -0.2) is 37.1 Å². The Morgan fingerprint density at radius 2 is 1.77 bits per heavy atom. The largest absolute Gasteiger partial charge is 0.474 e. The van der Waals surface area contributed by atoms with Crippen LogP contribution in [0.5, 0.6) is 5.88 Å². The van der Waals surface area contributed by atoms with Crippen molar-refractivity contribution < 1.29 is 9.53 Å². The van der Waals surface area contributed by atoms with Crippen molar-refractivity contribution >= 4 is 11.6 Å². The fourth-order valence-corrected chi connectivity index (χ4v) is 3.20. The van der Waals surface area contributed by atoms with Gasteiger partial charge in [0.1, 0.15) is 6.10 Å². The van der Waals surface area contributed by atoms with Gasteiger partial charge in [0.05, 0.1) is 0 Å². The van der Waals surface area contributed by atoms with E-state index in [9.17, 15) is 4.79 Å². The zero-order valence-corrected chi connectivity index (χ0v) is 15.7. The molecule has 0 radical (unpaired) electrons. The minimum atomic E-state index is -0.000115. The van der Waals surface area contributed by atoms with Gasteiger partial charge in [0.15, 0.2) is 0 Å². The van der Waals surface area contributed by atoms with Gasteiger partial charge in [0, 0.05) is 43.7 Å². The van der Waals surface area contributed by atoms with Gasteiger partial charge in [-0.1, -0.05) is 6.07 Å². The highest BCUT2D eigenvalue weighted by molar-refractivity contribution is 5.94. The van der Waals surface area contributed by atoms with Crippen LogP contribution in [0.2, 0.25) is 0 Å². The maximum atomic E-state index is 12.4. The van der Waals surface area contributed by atoms with Crippen molar-refractivity contribution in [2.45, 2.75) is 44.8 Å². The molecule has 0 saturated heterocycles. The van der Waals surface area contributed by atoms with E-state index in [1.807, 2.05) is 68.5 Å². The summed E-state index contributed by atoms with van der Waals surface area (Å²) in [5, 5.41) is 3.15. The molecule has 26 heavy (non-hydrogen) atoms. The number of carbonyl (C=O) groups excluding carboxylic acids is 1. The van der Waals surface area contributed by atoms with Crippen molar-refractivity contribution in [2.24, 2.45) is 0 Å². The van der Waals surface area contributed by atoms with Gasteiger partial charge in [0.25, 0.3) is 5.91 Å². The number of ether oxygens (including phenoxy) is 1. The minimum Gasteiger partial charge on any atom is -0.474 e. The summed E-state index contributed by atoms with van der Waals surface area (Å²) < 4.78 is 5.96. The van der Waals surface area contributed by atoms with Crippen LogP contribution in [0.3, 0.4) is 0 Å². The summed E-state index contributed by atoms with van der Waals surface area (Å²) in [6.07, 6.45) is 5.72. The highest BCUT2D eigenvalue weighted by atomic mass is 16.5. The van der Waals surface area contributed by atoms with Crippen LogP contribution in [0.25, 0.3) is 0 Å². The van der Waals surface area contributed by atoms with Crippen LogP contribution in [0.1, 0.15) is 41.6 Å². The third-order valence-electron chi connectivity index (χ3n) is 4.83. The van der Waals surface area contributed by atoms with Gasteiger partial charge in [-0.2, -0.15) is 0 Å². The summed E-state index contributed by atoms with van der Waals surface area (Å²) in [5.41, 5.74) is 2.92. The van der Waals surface area contributed by atoms with Crippen LogP contribution < -0.4 is 15.0 Å². The number of rotatable bonds is 5. The number of nitrogens with one attached hydrogen (secondary N) is 1. The molecule has 1 saturated carbocycles. The first-order chi connectivity index (χ1) is 12.5. The Hall–Kier alpha value is -2.56. The van der Waals surface area contributed by atoms with E-state index in [1.54, 1.807) is 0 Å². The molecule has 1 fully saturated rings. The average Bonchev–Trinajstić information content (AvgIpc) is 2.65. The number of aryl methyl sites for hydroxylation is 1. The molecule has 5 nitrogen and oxygen atoms in total. The molecule has 0 atom stereocenters. The van der Waals surface area contributed by atoms with Crippen molar-refractivity contribution in [1.82, 2.24) is 10.3 Å². The average molecular weight is 353 g/mol. The standard InChI is InChI=1S/C21H27N3O2/c1-15-4-13-20(22-14-15)26-19-11-7-17(8-12-19)23-21(25)16-5-9-18(10-6-16)24(2)3/h4-6,9-10,13-14,17,19H,7-8,11-12H2,1-3H3,(H,23,25). The molecule has 138 valence electrons. The fourth-order valence-electron chi connectivity index (χ4n) is 3.20. The second kappa shape index (κ2) is 8.21. The molecule has 1 aliphatic carbocycles. The van der Waals surface area contributed by atoms with E-state index in [2.05, 4.69) is 10.3 Å². The second-order valence-electron chi connectivity index (χ2n) is 7.18. The van der Waals surface area contributed by atoms with E-state index in [-0.39, 0.29) is 18.1 Å². The van der Waals surface area contributed by atoms with Crippen LogP contribution in [0, 0.1) is 6.92 Å². The maximum Gasteiger partial charge on any atom is 0.251 e. The Bertz CT molecular complexity index is 718. The summed E-state index contributed by atoms with van der Waals surface area (Å²) in [6, 6.07) is 11.8. The Balaban J connectivity index is 1.47. The van der Waals surface area contributed by atoms with Gasteiger partial charge in [-0.3, -0.25) is 4.79 Å².